The Balaban J connectivity index is 0.00000180. The second-order valence-corrected chi connectivity index (χ2v) is 6.07. The molecule has 0 bridgehead atoms. The molecule has 4 N–H and O–H groups in total. The third-order valence-corrected chi connectivity index (χ3v) is 4.51. The molecule has 0 amide bonds. The van der Waals surface area contributed by atoms with Gasteiger partial charge in [-0.2, -0.15) is 4.98 Å². The van der Waals surface area contributed by atoms with Crippen LogP contribution in [0.3, 0.4) is 0 Å². The zero-order valence-corrected chi connectivity index (χ0v) is 14.0. The highest BCUT2D eigenvalue weighted by Gasteiger charge is 2.43. The Hall–Kier alpha value is 0.0600. The summed E-state index contributed by atoms with van der Waals surface area (Å²) in [5, 5.41) is 18.9. The average Bonchev–Trinajstić information content (AvgIpc) is 2.61. The third kappa shape index (κ3) is 3.22. The molecule has 1 aromatic heterocycles. The van der Waals surface area contributed by atoms with E-state index in [-0.39, 0.29) is 24.8 Å². The molecule has 0 radical (unpaired) electrons. The van der Waals surface area contributed by atoms with Gasteiger partial charge in [0.15, 0.2) is 6.23 Å². The Morgan fingerprint density at radius 1 is 1.63 bits per heavy atom. The summed E-state index contributed by atoms with van der Waals surface area (Å²) in [5.41, 5.74) is 4.97. The number of alkyl halides is 1. The van der Waals surface area contributed by atoms with Gasteiger partial charge in [0.25, 0.3) is 0 Å². The van der Waals surface area contributed by atoms with Crippen molar-refractivity contribution in [3.8, 4) is 0 Å². The Bertz CT molecular complexity index is 517. The maximum atomic E-state index is 11.8. The van der Waals surface area contributed by atoms with E-state index in [0.717, 1.165) is 0 Å². The third-order valence-electron chi connectivity index (χ3n) is 2.68. The standard InChI is InChI=1S/C9H11BrIN3O4.ClH/c10-5-6(16)4(2-15)18-8(5)14-1-3(11)7(12)13-9(14)17;/h1,4-6,8,15-16H,2H2,(H2,12,13,17);1H/t4-,5+,6-,8-;/m1./s1. The van der Waals surface area contributed by atoms with Gasteiger partial charge in [-0.1, -0.05) is 15.9 Å². The van der Waals surface area contributed by atoms with E-state index in [1.165, 1.54) is 10.8 Å². The van der Waals surface area contributed by atoms with Gasteiger partial charge in [-0.05, 0) is 22.6 Å². The van der Waals surface area contributed by atoms with E-state index >= 15 is 0 Å². The predicted octanol–water partition coefficient (Wildman–Crippen LogP) is -0.134. The predicted molar refractivity (Wildman–Crippen MR) is 82.6 cm³/mol. The average molecular weight is 468 g/mol. The Kier molecular flexibility index (Phi) is 6.01. The first-order valence-corrected chi connectivity index (χ1v) is 7.07. The van der Waals surface area contributed by atoms with Crippen molar-refractivity contribution in [2.45, 2.75) is 23.3 Å². The van der Waals surface area contributed by atoms with Crippen molar-refractivity contribution in [1.82, 2.24) is 9.55 Å². The number of halogens is 3. The van der Waals surface area contributed by atoms with Gasteiger partial charge < -0.3 is 20.7 Å². The van der Waals surface area contributed by atoms with Crippen LogP contribution in [0.25, 0.3) is 0 Å². The van der Waals surface area contributed by atoms with E-state index in [4.69, 9.17) is 15.6 Å². The molecule has 1 aromatic rings. The van der Waals surface area contributed by atoms with E-state index in [9.17, 15) is 9.90 Å². The van der Waals surface area contributed by atoms with E-state index in [0.29, 0.717) is 3.57 Å². The minimum absolute atomic E-state index is 0. The molecule has 2 heterocycles. The topological polar surface area (TPSA) is 111 Å². The first-order chi connectivity index (χ1) is 8.45. The number of nitrogens with zero attached hydrogens (tertiary/aromatic N) is 2. The number of hydrogen-bond acceptors (Lipinski definition) is 6. The van der Waals surface area contributed by atoms with Crippen LogP contribution in [0.1, 0.15) is 6.23 Å². The summed E-state index contributed by atoms with van der Waals surface area (Å²) in [6.45, 7) is -0.325. The first kappa shape index (κ1) is 17.1. The normalized spacial score (nSPS) is 30.1. The lowest BCUT2D eigenvalue weighted by Crippen LogP contribution is -2.33. The molecule has 2 rings (SSSR count). The van der Waals surface area contributed by atoms with Gasteiger partial charge in [-0.25, -0.2) is 4.79 Å². The van der Waals surface area contributed by atoms with Crippen molar-refractivity contribution in [1.29, 1.82) is 0 Å². The fourth-order valence-electron chi connectivity index (χ4n) is 1.72. The summed E-state index contributed by atoms with van der Waals surface area (Å²) in [4.78, 5) is 14.9. The molecular formula is C9H12BrClIN3O4. The summed E-state index contributed by atoms with van der Waals surface area (Å²) in [6.07, 6.45) is -0.855. The fourth-order valence-corrected chi connectivity index (χ4v) is 2.86. The second kappa shape index (κ2) is 6.68. The first-order valence-electron chi connectivity index (χ1n) is 5.08. The van der Waals surface area contributed by atoms with Crippen molar-refractivity contribution >= 4 is 56.7 Å². The molecule has 1 aliphatic heterocycles. The molecule has 0 unspecified atom stereocenters. The number of nitrogens with two attached hydrogens (primary N) is 1. The highest BCUT2D eigenvalue weighted by atomic mass is 127. The van der Waals surface area contributed by atoms with Crippen molar-refractivity contribution in [3.05, 3.63) is 20.3 Å². The number of nitrogen functional groups attached to an aromatic ring is 1. The molecule has 0 aromatic carbocycles. The van der Waals surface area contributed by atoms with Gasteiger partial charge in [0.1, 0.15) is 11.9 Å². The van der Waals surface area contributed by atoms with E-state index in [1.807, 2.05) is 22.6 Å². The Morgan fingerprint density at radius 2 is 2.26 bits per heavy atom. The van der Waals surface area contributed by atoms with Crippen LogP contribution in [0.4, 0.5) is 5.82 Å². The Labute approximate surface area is 136 Å². The number of rotatable bonds is 2. The summed E-state index contributed by atoms with van der Waals surface area (Å²) in [5.74, 6) is 0.153. The number of aromatic nitrogens is 2. The van der Waals surface area contributed by atoms with Gasteiger partial charge in [0.05, 0.1) is 21.1 Å². The smallest absolute Gasteiger partial charge is 0.351 e. The van der Waals surface area contributed by atoms with E-state index < -0.39 is 29.0 Å². The number of anilines is 1. The largest absolute Gasteiger partial charge is 0.394 e. The molecule has 4 atom stereocenters. The number of hydrogen-bond donors (Lipinski definition) is 3. The lowest BCUT2D eigenvalue weighted by Gasteiger charge is -2.17. The molecule has 1 fully saturated rings. The zero-order chi connectivity index (χ0) is 13.4. The van der Waals surface area contributed by atoms with Crippen LogP contribution in [-0.4, -0.2) is 43.4 Å². The minimum Gasteiger partial charge on any atom is -0.394 e. The number of ether oxygens (including phenoxy) is 1. The van der Waals surface area contributed by atoms with Crippen LogP contribution in [0, 0.1) is 3.57 Å². The van der Waals surface area contributed by atoms with Crippen LogP contribution in [0.2, 0.25) is 0 Å². The SMILES string of the molecule is Cl.Nc1nc(=O)n([C@@H]2O[C@H](CO)[C@@H](O)[C@@H]2Br)cc1I. The molecule has 0 spiro atoms. The van der Waals surface area contributed by atoms with Crippen LogP contribution >= 0.6 is 50.9 Å². The monoisotopic (exact) mass is 467 g/mol. The number of aliphatic hydroxyl groups excluding tert-OH is 2. The summed E-state index contributed by atoms with van der Waals surface area (Å²) in [7, 11) is 0. The number of aliphatic hydroxyl groups is 2. The molecule has 0 saturated carbocycles. The second-order valence-electron chi connectivity index (χ2n) is 3.85. The highest BCUT2D eigenvalue weighted by molar-refractivity contribution is 14.1. The molecule has 10 heteroatoms. The van der Waals surface area contributed by atoms with Crippen molar-refractivity contribution < 1.29 is 14.9 Å². The van der Waals surface area contributed by atoms with Crippen molar-refractivity contribution in [3.63, 3.8) is 0 Å². The molecule has 1 saturated heterocycles. The van der Waals surface area contributed by atoms with Gasteiger partial charge in [-0.3, -0.25) is 4.57 Å². The maximum Gasteiger partial charge on any atom is 0.351 e. The Morgan fingerprint density at radius 3 is 2.79 bits per heavy atom. The maximum absolute atomic E-state index is 11.8. The van der Waals surface area contributed by atoms with Crippen LogP contribution in [0.5, 0.6) is 0 Å². The molecular weight excluding hydrogens is 456 g/mol. The molecule has 1 aliphatic rings. The van der Waals surface area contributed by atoms with Crippen LogP contribution < -0.4 is 11.4 Å². The fraction of sp³-hybridized carbons (Fsp3) is 0.556. The van der Waals surface area contributed by atoms with Crippen LogP contribution in [-0.2, 0) is 4.74 Å². The van der Waals surface area contributed by atoms with Crippen molar-refractivity contribution in [2.24, 2.45) is 0 Å². The van der Waals surface area contributed by atoms with Gasteiger partial charge in [0, 0.05) is 6.20 Å². The quantitative estimate of drug-likeness (QED) is 0.412. The minimum atomic E-state index is -0.901. The summed E-state index contributed by atoms with van der Waals surface area (Å²) < 4.78 is 7.28. The van der Waals surface area contributed by atoms with Gasteiger partial charge >= 0.3 is 5.69 Å². The molecule has 19 heavy (non-hydrogen) atoms. The van der Waals surface area contributed by atoms with E-state index in [1.54, 1.807) is 0 Å². The zero-order valence-electron chi connectivity index (χ0n) is 9.44. The van der Waals surface area contributed by atoms with Crippen LogP contribution in [0.15, 0.2) is 11.0 Å². The highest BCUT2D eigenvalue weighted by Crippen LogP contribution is 2.33. The molecule has 0 aliphatic carbocycles. The molecule has 7 nitrogen and oxygen atoms in total. The lowest BCUT2D eigenvalue weighted by molar-refractivity contribution is -0.0456. The molecule has 108 valence electrons. The van der Waals surface area contributed by atoms with Gasteiger partial charge in [-0.15, -0.1) is 12.4 Å². The van der Waals surface area contributed by atoms with Crippen molar-refractivity contribution in [2.75, 3.05) is 12.3 Å². The van der Waals surface area contributed by atoms with Gasteiger partial charge in [0.2, 0.25) is 0 Å². The summed E-state index contributed by atoms with van der Waals surface area (Å²) in [6, 6.07) is 0. The lowest BCUT2D eigenvalue weighted by atomic mass is 10.2. The summed E-state index contributed by atoms with van der Waals surface area (Å²) >= 11 is 5.21. The van der Waals surface area contributed by atoms with E-state index in [2.05, 4.69) is 20.9 Å².